The van der Waals surface area contributed by atoms with Crippen LogP contribution in [0.3, 0.4) is 0 Å². The smallest absolute Gasteiger partial charge is 0.406 e. The van der Waals surface area contributed by atoms with Gasteiger partial charge in [-0.05, 0) is 12.8 Å². The Morgan fingerprint density at radius 3 is 1.33 bits per heavy atom. The Morgan fingerprint density at radius 1 is 0.595 bits per heavy atom. The van der Waals surface area contributed by atoms with E-state index in [1.807, 2.05) is 13.8 Å². The fourth-order valence-electron chi connectivity index (χ4n) is 3.53. The summed E-state index contributed by atoms with van der Waals surface area (Å²) in [6, 6.07) is 0. The van der Waals surface area contributed by atoms with Crippen LogP contribution in [0.4, 0.5) is 4.79 Å². The van der Waals surface area contributed by atoms with Crippen molar-refractivity contribution in [2.45, 2.75) is 79.1 Å². The molecule has 12 heteroatoms. The lowest BCUT2D eigenvalue weighted by atomic mass is 10.0. The molecule has 0 aromatic carbocycles. The molecule has 0 rings (SSSR count). The number of alkyl carbamates (subject to hydrolysis) is 1. The standard InChI is InChI=1S/C16H32N2O5.C14H30N2O3/c1-4-5-6-7-14(2)15(19)17-8-10-22-12-13-23-11-9-18-16(20)21-3;1-3-4-5-6-13(2)14(17)16-8-10-19-12-11-18-9-7-15/h14H,4-13H2,1-3H3,(H,17,19)(H,18,20);13H,3-12,15H2,1-2H3,(H,16,17). The van der Waals surface area contributed by atoms with Crippen LogP contribution in [0.1, 0.15) is 79.1 Å². The van der Waals surface area contributed by atoms with E-state index >= 15 is 0 Å². The van der Waals surface area contributed by atoms with Gasteiger partial charge in [0.25, 0.3) is 0 Å². The number of hydrogen-bond acceptors (Lipinski definition) is 9. The lowest BCUT2D eigenvalue weighted by Gasteiger charge is -2.12. The minimum atomic E-state index is -0.468. The molecule has 0 heterocycles. The van der Waals surface area contributed by atoms with Gasteiger partial charge in [-0.3, -0.25) is 9.59 Å². The second kappa shape index (κ2) is 33.5. The molecular weight excluding hydrogens is 544 g/mol. The number of rotatable bonds is 27. The molecule has 0 aliphatic carbocycles. The molecule has 2 unspecified atom stereocenters. The van der Waals surface area contributed by atoms with Gasteiger partial charge in [0.2, 0.25) is 11.8 Å². The first-order valence-corrected chi connectivity index (χ1v) is 15.7. The van der Waals surface area contributed by atoms with Gasteiger partial charge >= 0.3 is 6.09 Å². The summed E-state index contributed by atoms with van der Waals surface area (Å²) >= 11 is 0. The fourth-order valence-corrected chi connectivity index (χ4v) is 3.53. The minimum Gasteiger partial charge on any atom is -0.453 e. The number of carbonyl (C=O) groups excluding carboxylic acids is 3. The second-order valence-corrected chi connectivity index (χ2v) is 10.0. The van der Waals surface area contributed by atoms with Crippen LogP contribution in [0.25, 0.3) is 0 Å². The zero-order chi connectivity index (χ0) is 31.7. The highest BCUT2D eigenvalue weighted by Crippen LogP contribution is 2.09. The topological polar surface area (TPSA) is 159 Å². The van der Waals surface area contributed by atoms with Crippen molar-refractivity contribution in [2.24, 2.45) is 17.6 Å². The molecule has 5 N–H and O–H groups in total. The normalized spacial score (nSPS) is 12.0. The predicted molar refractivity (Wildman–Crippen MR) is 165 cm³/mol. The second-order valence-electron chi connectivity index (χ2n) is 10.0. The number of carbonyl (C=O) groups is 3. The van der Waals surface area contributed by atoms with E-state index in [1.165, 1.54) is 32.8 Å². The van der Waals surface area contributed by atoms with E-state index in [-0.39, 0.29) is 23.7 Å². The summed E-state index contributed by atoms with van der Waals surface area (Å²) in [6.07, 6.45) is 8.40. The van der Waals surface area contributed by atoms with Crippen LogP contribution in [0.15, 0.2) is 0 Å². The zero-order valence-electron chi connectivity index (χ0n) is 27.1. The molecule has 0 aromatic heterocycles. The van der Waals surface area contributed by atoms with E-state index in [0.29, 0.717) is 79.0 Å². The maximum absolute atomic E-state index is 11.8. The summed E-state index contributed by atoms with van der Waals surface area (Å²) in [6.45, 7) is 14.2. The number of nitrogens with two attached hydrogens (primary N) is 1. The highest BCUT2D eigenvalue weighted by molar-refractivity contribution is 5.78. The largest absolute Gasteiger partial charge is 0.453 e. The van der Waals surface area contributed by atoms with Gasteiger partial charge in [-0.15, -0.1) is 0 Å². The first-order chi connectivity index (χ1) is 20.3. The molecule has 250 valence electrons. The Kier molecular flexibility index (Phi) is 33.6. The summed E-state index contributed by atoms with van der Waals surface area (Å²) in [5.41, 5.74) is 5.28. The number of amides is 3. The highest BCUT2D eigenvalue weighted by Gasteiger charge is 2.12. The lowest BCUT2D eigenvalue weighted by Crippen LogP contribution is -2.32. The van der Waals surface area contributed by atoms with Gasteiger partial charge in [-0.2, -0.15) is 0 Å². The van der Waals surface area contributed by atoms with Crippen molar-refractivity contribution >= 4 is 17.9 Å². The molecule has 0 fully saturated rings. The van der Waals surface area contributed by atoms with E-state index in [2.05, 4.69) is 34.5 Å². The van der Waals surface area contributed by atoms with Crippen LogP contribution in [-0.2, 0) is 33.3 Å². The molecule has 0 saturated carbocycles. The van der Waals surface area contributed by atoms with Crippen molar-refractivity contribution < 1.29 is 38.1 Å². The van der Waals surface area contributed by atoms with Crippen molar-refractivity contribution in [1.82, 2.24) is 16.0 Å². The van der Waals surface area contributed by atoms with Crippen molar-refractivity contribution in [2.75, 3.05) is 86.1 Å². The zero-order valence-corrected chi connectivity index (χ0v) is 27.1. The van der Waals surface area contributed by atoms with E-state index in [1.54, 1.807) is 0 Å². The summed E-state index contributed by atoms with van der Waals surface area (Å²) in [7, 11) is 1.31. The SMILES string of the molecule is CCCCCC(C)C(=O)NCCOCCOCCN.CCCCCC(C)C(=O)NCCOCCOCCNC(=O)OC. The Labute approximate surface area is 254 Å². The lowest BCUT2D eigenvalue weighted by molar-refractivity contribution is -0.125. The van der Waals surface area contributed by atoms with Crippen LogP contribution in [0.5, 0.6) is 0 Å². The number of nitrogens with one attached hydrogen (secondary N) is 3. The van der Waals surface area contributed by atoms with Gasteiger partial charge in [-0.1, -0.05) is 66.2 Å². The molecule has 0 aromatic rings. The first-order valence-electron chi connectivity index (χ1n) is 15.7. The van der Waals surface area contributed by atoms with Crippen LogP contribution in [0.2, 0.25) is 0 Å². The van der Waals surface area contributed by atoms with Gasteiger partial charge in [-0.25, -0.2) is 4.79 Å². The third-order valence-electron chi connectivity index (χ3n) is 6.18. The van der Waals surface area contributed by atoms with E-state index in [9.17, 15) is 14.4 Å². The maximum atomic E-state index is 11.8. The third-order valence-corrected chi connectivity index (χ3v) is 6.18. The Balaban J connectivity index is 0. The molecule has 12 nitrogen and oxygen atoms in total. The maximum Gasteiger partial charge on any atom is 0.406 e. The Morgan fingerprint density at radius 2 is 0.976 bits per heavy atom. The van der Waals surface area contributed by atoms with Crippen molar-refractivity contribution in [1.29, 1.82) is 0 Å². The number of ether oxygens (including phenoxy) is 5. The number of unbranched alkanes of at least 4 members (excludes halogenated alkanes) is 4. The van der Waals surface area contributed by atoms with Crippen molar-refractivity contribution in [3.63, 3.8) is 0 Å². The van der Waals surface area contributed by atoms with Gasteiger partial charge in [0, 0.05) is 38.0 Å². The molecule has 2 atom stereocenters. The highest BCUT2D eigenvalue weighted by atomic mass is 16.5. The van der Waals surface area contributed by atoms with Gasteiger partial charge in [0.15, 0.2) is 0 Å². The quantitative estimate of drug-likeness (QED) is 0.103. The molecule has 0 radical (unpaired) electrons. The molecule has 0 aliphatic rings. The van der Waals surface area contributed by atoms with Crippen molar-refractivity contribution in [3.8, 4) is 0 Å². The van der Waals surface area contributed by atoms with Gasteiger partial charge in [0.1, 0.15) is 0 Å². The van der Waals surface area contributed by atoms with Gasteiger partial charge in [0.05, 0.1) is 60.0 Å². The average Bonchev–Trinajstić information content (AvgIpc) is 2.99. The van der Waals surface area contributed by atoms with Crippen molar-refractivity contribution in [3.05, 3.63) is 0 Å². The number of methoxy groups -OCH3 is 1. The molecule has 42 heavy (non-hydrogen) atoms. The summed E-state index contributed by atoms with van der Waals surface area (Å²) in [5.74, 6) is 0.376. The van der Waals surface area contributed by atoms with E-state index < -0.39 is 6.09 Å². The molecular formula is C30H62N4O8. The summed E-state index contributed by atoms with van der Waals surface area (Å²) < 4.78 is 25.5. The molecule has 3 amide bonds. The number of hydrogen-bond donors (Lipinski definition) is 4. The molecule has 0 bridgehead atoms. The van der Waals surface area contributed by atoms with Crippen LogP contribution in [-0.4, -0.2) is 104 Å². The monoisotopic (exact) mass is 606 g/mol. The van der Waals surface area contributed by atoms with E-state index in [4.69, 9.17) is 24.7 Å². The molecule has 0 saturated heterocycles. The fraction of sp³-hybridized carbons (Fsp3) is 0.900. The average molecular weight is 607 g/mol. The summed E-state index contributed by atoms with van der Waals surface area (Å²) in [5, 5.41) is 8.27. The summed E-state index contributed by atoms with van der Waals surface area (Å²) in [4.78, 5) is 34.2. The molecule has 0 aliphatic heterocycles. The Bertz CT molecular complexity index is 628. The Hall–Kier alpha value is -1.99. The minimum absolute atomic E-state index is 0.0622. The predicted octanol–water partition coefficient (Wildman–Crippen LogP) is 3.02. The van der Waals surface area contributed by atoms with Crippen LogP contribution < -0.4 is 21.7 Å². The third kappa shape index (κ3) is 31.0. The van der Waals surface area contributed by atoms with E-state index in [0.717, 1.165) is 25.7 Å². The van der Waals surface area contributed by atoms with Gasteiger partial charge < -0.3 is 45.4 Å². The van der Waals surface area contributed by atoms with Crippen LogP contribution in [0, 0.1) is 11.8 Å². The first kappa shape index (κ1) is 42.1. The van der Waals surface area contributed by atoms with Crippen LogP contribution >= 0.6 is 0 Å². The molecule has 0 spiro atoms.